The number of nitrogens with zero attached hydrogens (tertiary/aromatic N) is 2. The van der Waals surface area contributed by atoms with Gasteiger partial charge in [-0.05, 0) is 45.7 Å². The van der Waals surface area contributed by atoms with Crippen molar-refractivity contribution in [1.82, 2.24) is 15.5 Å². The minimum absolute atomic E-state index is 0.138. The summed E-state index contributed by atoms with van der Waals surface area (Å²) >= 11 is 0. The predicted molar refractivity (Wildman–Crippen MR) is 125 cm³/mol. The van der Waals surface area contributed by atoms with E-state index >= 15 is 0 Å². The fraction of sp³-hybridized carbons (Fsp3) is 0.708. The van der Waals surface area contributed by atoms with Gasteiger partial charge in [-0.25, -0.2) is 4.99 Å². The van der Waals surface area contributed by atoms with Gasteiger partial charge >= 0.3 is 0 Å². The second kappa shape index (κ2) is 12.3. The van der Waals surface area contributed by atoms with Gasteiger partial charge in [-0.1, -0.05) is 12.1 Å². The first-order valence-electron chi connectivity index (χ1n) is 11.7. The highest BCUT2D eigenvalue weighted by Crippen LogP contribution is 2.23. The van der Waals surface area contributed by atoms with Crippen molar-refractivity contribution >= 4 is 5.96 Å². The lowest BCUT2D eigenvalue weighted by atomic mass is 9.97. The number of rotatable bonds is 9. The van der Waals surface area contributed by atoms with Crippen LogP contribution in [0, 0.1) is 12.8 Å². The standard InChI is InChI=1S/C24H40N4O3/c1-5-25-24(26-15-20-7-6-19(4)14-23(20)31-18(2)3)27-16-22(21-8-11-30-17-21)28-9-12-29-13-10-28/h6-7,14,18,21-22H,5,8-13,15-17H2,1-4H3,(H2,25,26,27). The summed E-state index contributed by atoms with van der Waals surface area (Å²) in [7, 11) is 0. The second-order valence-electron chi connectivity index (χ2n) is 8.69. The molecular weight excluding hydrogens is 392 g/mol. The lowest BCUT2D eigenvalue weighted by molar-refractivity contribution is 0.00246. The maximum Gasteiger partial charge on any atom is 0.191 e. The van der Waals surface area contributed by atoms with Crippen molar-refractivity contribution in [3.63, 3.8) is 0 Å². The highest BCUT2D eigenvalue weighted by molar-refractivity contribution is 5.79. The number of hydrogen-bond donors (Lipinski definition) is 2. The van der Waals surface area contributed by atoms with Crippen molar-refractivity contribution in [2.75, 3.05) is 52.6 Å². The van der Waals surface area contributed by atoms with Gasteiger partial charge in [-0.3, -0.25) is 4.90 Å². The zero-order valence-corrected chi connectivity index (χ0v) is 19.7. The smallest absolute Gasteiger partial charge is 0.191 e. The second-order valence-corrected chi connectivity index (χ2v) is 8.69. The molecule has 0 radical (unpaired) electrons. The number of morpholine rings is 1. The van der Waals surface area contributed by atoms with E-state index in [0.717, 1.165) is 76.3 Å². The van der Waals surface area contributed by atoms with E-state index in [4.69, 9.17) is 19.2 Å². The average molecular weight is 433 g/mol. The van der Waals surface area contributed by atoms with Gasteiger partial charge < -0.3 is 24.8 Å². The molecule has 1 aromatic carbocycles. The van der Waals surface area contributed by atoms with E-state index in [1.807, 2.05) is 0 Å². The van der Waals surface area contributed by atoms with Crippen molar-refractivity contribution < 1.29 is 14.2 Å². The number of aliphatic imine (C=N–C) groups is 1. The number of hydrogen-bond acceptors (Lipinski definition) is 5. The number of aryl methyl sites for hydroxylation is 1. The summed E-state index contributed by atoms with van der Waals surface area (Å²) in [6, 6.07) is 6.76. The average Bonchev–Trinajstić information content (AvgIpc) is 3.28. The van der Waals surface area contributed by atoms with Crippen molar-refractivity contribution in [2.24, 2.45) is 10.9 Å². The van der Waals surface area contributed by atoms with Gasteiger partial charge in [0, 0.05) is 50.3 Å². The molecule has 0 bridgehead atoms. The van der Waals surface area contributed by atoms with Crippen LogP contribution < -0.4 is 15.4 Å². The van der Waals surface area contributed by atoms with Crippen LogP contribution >= 0.6 is 0 Å². The molecule has 2 N–H and O–H groups in total. The molecule has 2 aliphatic heterocycles. The van der Waals surface area contributed by atoms with Gasteiger partial charge in [0.1, 0.15) is 5.75 Å². The zero-order valence-electron chi connectivity index (χ0n) is 19.7. The monoisotopic (exact) mass is 432 g/mol. The molecule has 0 aromatic heterocycles. The van der Waals surface area contributed by atoms with Crippen LogP contribution in [0.1, 0.15) is 38.3 Å². The van der Waals surface area contributed by atoms with Crippen molar-refractivity contribution in [2.45, 2.75) is 52.8 Å². The Hall–Kier alpha value is -1.83. The van der Waals surface area contributed by atoms with Gasteiger partial charge in [0.25, 0.3) is 0 Å². The Morgan fingerprint density at radius 2 is 2.00 bits per heavy atom. The first-order valence-corrected chi connectivity index (χ1v) is 11.7. The van der Waals surface area contributed by atoms with E-state index < -0.39 is 0 Å². The Morgan fingerprint density at radius 1 is 1.19 bits per heavy atom. The molecule has 0 spiro atoms. The van der Waals surface area contributed by atoms with Crippen LogP contribution in [-0.2, 0) is 16.0 Å². The zero-order chi connectivity index (χ0) is 22.1. The van der Waals surface area contributed by atoms with Crippen LogP contribution in [0.3, 0.4) is 0 Å². The van der Waals surface area contributed by atoms with Gasteiger partial charge in [0.05, 0.1) is 32.5 Å². The van der Waals surface area contributed by atoms with Crippen molar-refractivity contribution in [3.8, 4) is 5.75 Å². The third kappa shape index (κ3) is 7.37. The molecule has 0 saturated carbocycles. The highest BCUT2D eigenvalue weighted by atomic mass is 16.5. The van der Waals surface area contributed by atoms with Crippen LogP contribution in [-0.4, -0.2) is 75.6 Å². The molecule has 2 aliphatic rings. The van der Waals surface area contributed by atoms with Gasteiger partial charge in [0.15, 0.2) is 5.96 Å². The minimum atomic E-state index is 0.138. The molecule has 31 heavy (non-hydrogen) atoms. The molecular formula is C24H40N4O3. The molecule has 7 heteroatoms. The maximum atomic E-state index is 6.02. The fourth-order valence-corrected chi connectivity index (χ4v) is 4.22. The van der Waals surface area contributed by atoms with E-state index in [2.05, 4.69) is 61.4 Å². The lowest BCUT2D eigenvalue weighted by Gasteiger charge is -2.37. The molecule has 2 unspecified atom stereocenters. The van der Waals surface area contributed by atoms with E-state index in [0.29, 0.717) is 18.5 Å². The van der Waals surface area contributed by atoms with Crippen LogP contribution in [0.5, 0.6) is 5.75 Å². The Kier molecular flexibility index (Phi) is 9.43. The summed E-state index contributed by atoms with van der Waals surface area (Å²) in [6.45, 7) is 15.8. The van der Waals surface area contributed by atoms with E-state index in [-0.39, 0.29) is 6.10 Å². The lowest BCUT2D eigenvalue weighted by Crippen LogP contribution is -2.53. The van der Waals surface area contributed by atoms with Crippen LogP contribution in [0.25, 0.3) is 0 Å². The SMILES string of the molecule is CCNC(=NCc1ccc(C)cc1OC(C)C)NCC(C1CCOC1)N1CCOCC1. The Balaban J connectivity index is 1.67. The van der Waals surface area contributed by atoms with Gasteiger partial charge in [-0.2, -0.15) is 0 Å². The summed E-state index contributed by atoms with van der Waals surface area (Å²) in [6.07, 6.45) is 1.26. The normalized spacial score (nSPS) is 21.3. The summed E-state index contributed by atoms with van der Waals surface area (Å²) in [4.78, 5) is 7.41. The van der Waals surface area contributed by atoms with Crippen LogP contribution in [0.15, 0.2) is 23.2 Å². The summed E-state index contributed by atoms with van der Waals surface area (Å²) in [5.74, 6) is 2.32. The van der Waals surface area contributed by atoms with Crippen LogP contribution in [0.4, 0.5) is 0 Å². The Bertz CT molecular complexity index is 698. The summed E-state index contributed by atoms with van der Waals surface area (Å²) in [5.41, 5.74) is 2.30. The van der Waals surface area contributed by atoms with E-state index in [1.165, 1.54) is 5.56 Å². The molecule has 0 amide bonds. The quantitative estimate of drug-likeness (QED) is 0.462. The van der Waals surface area contributed by atoms with Gasteiger partial charge in [-0.15, -0.1) is 0 Å². The van der Waals surface area contributed by atoms with E-state index in [1.54, 1.807) is 0 Å². The molecule has 2 heterocycles. The van der Waals surface area contributed by atoms with E-state index in [9.17, 15) is 0 Å². The summed E-state index contributed by atoms with van der Waals surface area (Å²) in [5, 5.41) is 6.99. The number of benzene rings is 1. The molecule has 2 fully saturated rings. The van der Waals surface area contributed by atoms with Crippen molar-refractivity contribution in [3.05, 3.63) is 29.3 Å². The number of guanidine groups is 1. The minimum Gasteiger partial charge on any atom is -0.491 e. The maximum absolute atomic E-state index is 6.02. The van der Waals surface area contributed by atoms with Crippen molar-refractivity contribution in [1.29, 1.82) is 0 Å². The van der Waals surface area contributed by atoms with Gasteiger partial charge in [0.2, 0.25) is 0 Å². The molecule has 7 nitrogen and oxygen atoms in total. The number of ether oxygens (including phenoxy) is 3. The highest BCUT2D eigenvalue weighted by Gasteiger charge is 2.31. The van der Waals surface area contributed by atoms with Crippen LogP contribution in [0.2, 0.25) is 0 Å². The molecule has 0 aliphatic carbocycles. The topological polar surface area (TPSA) is 67.4 Å². The Morgan fingerprint density at radius 3 is 2.68 bits per heavy atom. The largest absolute Gasteiger partial charge is 0.491 e. The molecule has 2 saturated heterocycles. The first kappa shape index (κ1) is 23.8. The molecule has 3 rings (SSSR count). The third-order valence-corrected chi connectivity index (χ3v) is 5.84. The fourth-order valence-electron chi connectivity index (χ4n) is 4.22. The number of nitrogens with one attached hydrogen (secondary N) is 2. The molecule has 174 valence electrons. The third-order valence-electron chi connectivity index (χ3n) is 5.84. The Labute approximate surface area is 187 Å². The summed E-state index contributed by atoms with van der Waals surface area (Å²) < 4.78 is 17.3. The predicted octanol–water partition coefficient (Wildman–Crippen LogP) is 2.57. The first-order chi connectivity index (χ1) is 15.1. The molecule has 1 aromatic rings. The molecule has 2 atom stereocenters.